The fourth-order valence-corrected chi connectivity index (χ4v) is 2.60. The van der Waals surface area contributed by atoms with Gasteiger partial charge in [-0.05, 0) is 49.6 Å². The van der Waals surface area contributed by atoms with Crippen LogP contribution in [-0.2, 0) is 11.2 Å². The van der Waals surface area contributed by atoms with Crippen molar-refractivity contribution in [2.45, 2.75) is 25.9 Å². The molecule has 0 bridgehead atoms. The number of nitriles is 1. The number of rotatable bonds is 4. The zero-order chi connectivity index (χ0) is 16.9. The Morgan fingerprint density at radius 1 is 1.21 bits per heavy atom. The van der Waals surface area contributed by atoms with Gasteiger partial charge in [0, 0.05) is 5.56 Å². The normalized spacial score (nSPS) is 15.4. The lowest BCUT2D eigenvalue weighted by atomic mass is 10.1. The van der Waals surface area contributed by atoms with Gasteiger partial charge < -0.3 is 4.74 Å². The van der Waals surface area contributed by atoms with Crippen LogP contribution >= 0.6 is 0 Å². The minimum atomic E-state index is -0.682. The van der Waals surface area contributed by atoms with Crippen molar-refractivity contribution >= 4 is 11.6 Å². The molecule has 0 heterocycles. The maximum absolute atomic E-state index is 12.1. The molecule has 1 unspecified atom stereocenters. The van der Waals surface area contributed by atoms with Crippen molar-refractivity contribution in [1.82, 2.24) is 5.43 Å². The van der Waals surface area contributed by atoms with Crippen LogP contribution in [0, 0.1) is 11.3 Å². The van der Waals surface area contributed by atoms with Gasteiger partial charge in [-0.15, -0.1) is 0 Å². The van der Waals surface area contributed by atoms with Gasteiger partial charge >= 0.3 is 0 Å². The van der Waals surface area contributed by atoms with Crippen LogP contribution in [0.2, 0.25) is 0 Å². The maximum atomic E-state index is 12.1. The molecule has 1 N–H and O–H groups in total. The Morgan fingerprint density at radius 3 is 2.71 bits per heavy atom. The second-order valence-corrected chi connectivity index (χ2v) is 5.59. The van der Waals surface area contributed by atoms with Gasteiger partial charge in [-0.3, -0.25) is 4.79 Å². The standard InChI is InChI=1S/C19H17N3O2/c1-13(24-16-9-6-14(12-20)7-10-16)19(23)22-21-18-11-8-15-4-2-3-5-17(15)18/h2-7,9-10,13H,8,11H2,1H3,(H,22,23). The van der Waals surface area contributed by atoms with E-state index in [2.05, 4.69) is 16.6 Å². The van der Waals surface area contributed by atoms with Crippen molar-refractivity contribution in [1.29, 1.82) is 5.26 Å². The average molecular weight is 319 g/mol. The zero-order valence-corrected chi connectivity index (χ0v) is 13.3. The summed E-state index contributed by atoms with van der Waals surface area (Å²) in [5.41, 5.74) is 6.37. The number of hydrogen-bond donors (Lipinski definition) is 1. The number of carbonyl (C=O) groups is 1. The van der Waals surface area contributed by atoms with Crippen LogP contribution in [0.3, 0.4) is 0 Å². The first-order valence-corrected chi connectivity index (χ1v) is 7.79. The van der Waals surface area contributed by atoms with E-state index in [0.717, 1.165) is 24.1 Å². The van der Waals surface area contributed by atoms with Crippen LogP contribution in [0.1, 0.15) is 30.0 Å². The third-order valence-electron chi connectivity index (χ3n) is 3.93. The molecule has 1 aliphatic carbocycles. The summed E-state index contributed by atoms with van der Waals surface area (Å²) in [6.07, 6.45) is 1.09. The van der Waals surface area contributed by atoms with E-state index in [1.807, 2.05) is 24.3 Å². The third-order valence-corrected chi connectivity index (χ3v) is 3.93. The lowest BCUT2D eigenvalue weighted by Gasteiger charge is -2.13. The van der Waals surface area contributed by atoms with Gasteiger partial charge in [0.25, 0.3) is 5.91 Å². The second-order valence-electron chi connectivity index (χ2n) is 5.59. The predicted molar refractivity (Wildman–Crippen MR) is 90.7 cm³/mol. The lowest BCUT2D eigenvalue weighted by Crippen LogP contribution is -2.34. The second kappa shape index (κ2) is 6.97. The molecular formula is C19H17N3O2. The molecule has 0 aromatic heterocycles. The van der Waals surface area contributed by atoms with E-state index in [1.165, 1.54) is 5.56 Å². The van der Waals surface area contributed by atoms with Crippen LogP contribution in [0.4, 0.5) is 0 Å². The molecule has 3 rings (SSSR count). The first-order chi connectivity index (χ1) is 11.7. The summed E-state index contributed by atoms with van der Waals surface area (Å²) in [6.45, 7) is 1.66. The van der Waals surface area contributed by atoms with Gasteiger partial charge in [-0.2, -0.15) is 10.4 Å². The van der Waals surface area contributed by atoms with E-state index in [1.54, 1.807) is 31.2 Å². The number of fused-ring (bicyclic) bond motifs is 1. The summed E-state index contributed by atoms with van der Waals surface area (Å²) in [5, 5.41) is 13.0. The van der Waals surface area contributed by atoms with E-state index in [9.17, 15) is 4.79 Å². The quantitative estimate of drug-likeness (QED) is 0.881. The minimum Gasteiger partial charge on any atom is -0.481 e. The molecule has 2 aromatic carbocycles. The van der Waals surface area contributed by atoms with E-state index in [-0.39, 0.29) is 5.91 Å². The highest BCUT2D eigenvalue weighted by molar-refractivity contribution is 6.04. The number of benzene rings is 2. The number of hydrazone groups is 1. The average Bonchev–Trinajstić information content (AvgIpc) is 3.03. The summed E-state index contributed by atoms with van der Waals surface area (Å²) < 4.78 is 5.57. The van der Waals surface area contributed by atoms with E-state index >= 15 is 0 Å². The Balaban J connectivity index is 1.60. The van der Waals surface area contributed by atoms with E-state index in [4.69, 9.17) is 10.00 Å². The highest BCUT2D eigenvalue weighted by Gasteiger charge is 2.19. The Bertz CT molecular complexity index is 819. The molecule has 1 atom stereocenters. The van der Waals surface area contributed by atoms with Gasteiger partial charge in [0.1, 0.15) is 5.75 Å². The summed E-state index contributed by atoms with van der Waals surface area (Å²) in [6, 6.07) is 16.7. The van der Waals surface area contributed by atoms with Crippen molar-refractivity contribution in [3.05, 3.63) is 65.2 Å². The molecule has 5 nitrogen and oxygen atoms in total. The fraction of sp³-hybridized carbons (Fsp3) is 0.211. The van der Waals surface area contributed by atoms with Crippen molar-refractivity contribution in [3.8, 4) is 11.8 Å². The molecule has 0 radical (unpaired) electrons. The predicted octanol–water partition coefficient (Wildman–Crippen LogP) is 2.79. The largest absolute Gasteiger partial charge is 0.481 e. The van der Waals surface area contributed by atoms with Crippen LogP contribution in [0.5, 0.6) is 5.75 Å². The molecule has 0 saturated heterocycles. The molecule has 2 aromatic rings. The maximum Gasteiger partial charge on any atom is 0.280 e. The molecule has 5 heteroatoms. The number of carbonyl (C=O) groups excluding carboxylic acids is 1. The molecule has 1 aliphatic rings. The Morgan fingerprint density at radius 2 is 1.96 bits per heavy atom. The van der Waals surface area contributed by atoms with Gasteiger partial charge in [-0.1, -0.05) is 24.3 Å². The molecule has 0 aliphatic heterocycles. The summed E-state index contributed by atoms with van der Waals surface area (Å²) in [4.78, 5) is 12.1. The highest BCUT2D eigenvalue weighted by Crippen LogP contribution is 2.21. The van der Waals surface area contributed by atoms with Crippen molar-refractivity contribution in [2.75, 3.05) is 0 Å². The number of hydrogen-bond acceptors (Lipinski definition) is 4. The van der Waals surface area contributed by atoms with E-state index < -0.39 is 6.10 Å². The van der Waals surface area contributed by atoms with Crippen molar-refractivity contribution in [2.24, 2.45) is 5.10 Å². The monoisotopic (exact) mass is 319 g/mol. The first kappa shape index (κ1) is 15.8. The fourth-order valence-electron chi connectivity index (χ4n) is 2.60. The third kappa shape index (κ3) is 3.44. The number of nitrogens with zero attached hydrogens (tertiary/aromatic N) is 2. The van der Waals surface area contributed by atoms with Crippen LogP contribution in [-0.4, -0.2) is 17.7 Å². The molecule has 0 fully saturated rings. The molecular weight excluding hydrogens is 302 g/mol. The van der Waals surface area contributed by atoms with Gasteiger partial charge in [0.05, 0.1) is 17.3 Å². The highest BCUT2D eigenvalue weighted by atomic mass is 16.5. The molecule has 0 saturated carbocycles. The van der Waals surface area contributed by atoms with Gasteiger partial charge in [-0.25, -0.2) is 5.43 Å². The number of aryl methyl sites for hydroxylation is 1. The molecule has 120 valence electrons. The number of ether oxygens (including phenoxy) is 1. The summed E-state index contributed by atoms with van der Waals surface area (Å²) >= 11 is 0. The zero-order valence-electron chi connectivity index (χ0n) is 13.3. The first-order valence-electron chi connectivity index (χ1n) is 7.79. The Hall–Kier alpha value is -3.13. The smallest absolute Gasteiger partial charge is 0.280 e. The van der Waals surface area contributed by atoms with Crippen LogP contribution in [0.15, 0.2) is 53.6 Å². The minimum absolute atomic E-state index is 0.309. The summed E-state index contributed by atoms with van der Waals surface area (Å²) in [7, 11) is 0. The van der Waals surface area contributed by atoms with Crippen LogP contribution in [0.25, 0.3) is 0 Å². The number of amides is 1. The van der Waals surface area contributed by atoms with Crippen molar-refractivity contribution in [3.63, 3.8) is 0 Å². The summed E-state index contributed by atoms with van der Waals surface area (Å²) in [5.74, 6) is 0.228. The molecule has 0 spiro atoms. The number of nitrogens with one attached hydrogen (secondary N) is 1. The SMILES string of the molecule is CC(Oc1ccc(C#N)cc1)C(=O)NN=C1CCc2ccccc21. The van der Waals surface area contributed by atoms with Crippen molar-refractivity contribution < 1.29 is 9.53 Å². The van der Waals surface area contributed by atoms with Gasteiger partial charge in [0.2, 0.25) is 0 Å². The molecule has 24 heavy (non-hydrogen) atoms. The van der Waals surface area contributed by atoms with E-state index in [0.29, 0.717) is 11.3 Å². The van der Waals surface area contributed by atoms with Crippen LogP contribution < -0.4 is 10.2 Å². The topological polar surface area (TPSA) is 74.5 Å². The molecule has 1 amide bonds. The Kier molecular flexibility index (Phi) is 4.57. The Labute approximate surface area is 140 Å². The van der Waals surface area contributed by atoms with Gasteiger partial charge in [0.15, 0.2) is 6.10 Å². The lowest BCUT2D eigenvalue weighted by molar-refractivity contribution is -0.127.